The van der Waals surface area contributed by atoms with Crippen molar-refractivity contribution >= 4 is 45.8 Å². The van der Waals surface area contributed by atoms with Gasteiger partial charge in [-0.2, -0.15) is 0 Å². The second kappa shape index (κ2) is 7.12. The van der Waals surface area contributed by atoms with Crippen LogP contribution in [0.1, 0.15) is 18.4 Å². The van der Waals surface area contributed by atoms with Crippen LogP contribution in [0.25, 0.3) is 0 Å². The predicted octanol–water partition coefficient (Wildman–Crippen LogP) is 3.60. The topological polar surface area (TPSA) is 49.4 Å². The molecule has 2 aromatic carbocycles. The van der Waals surface area contributed by atoms with Gasteiger partial charge in [-0.3, -0.25) is 9.59 Å². The molecule has 3 rings (SSSR count). The van der Waals surface area contributed by atoms with Crippen LogP contribution in [0.2, 0.25) is 0 Å². The summed E-state index contributed by atoms with van der Waals surface area (Å²) < 4.78 is 1.13. The lowest BCUT2D eigenvalue weighted by atomic mass is 10.1. The van der Waals surface area contributed by atoms with Gasteiger partial charge in [0.25, 0.3) is 0 Å². The molecule has 0 spiro atoms. The van der Waals surface area contributed by atoms with Crippen LogP contribution in [0.15, 0.2) is 48.5 Å². The van der Waals surface area contributed by atoms with Gasteiger partial charge in [0.1, 0.15) is 0 Å². The average Bonchev–Trinajstić information content (AvgIpc) is 2.96. The predicted molar refractivity (Wildman–Crippen MR) is 99.5 cm³/mol. The van der Waals surface area contributed by atoms with Crippen molar-refractivity contribution < 1.29 is 9.59 Å². The van der Waals surface area contributed by atoms with E-state index < -0.39 is 0 Å². The zero-order valence-corrected chi connectivity index (χ0v) is 14.7. The number of amides is 2. The standard InChI is InChI=1S/C18H17IN2O2/c19-14-5-7-15(8-6-14)20-17(22)12-13-3-9-16(10-4-13)21-11-1-2-18(21)23/h3-10H,1-2,11-12H2,(H,20,22). The summed E-state index contributed by atoms with van der Waals surface area (Å²) in [7, 11) is 0. The van der Waals surface area contributed by atoms with Crippen molar-refractivity contribution in [2.45, 2.75) is 19.3 Å². The maximum Gasteiger partial charge on any atom is 0.228 e. The molecule has 0 aromatic heterocycles. The summed E-state index contributed by atoms with van der Waals surface area (Å²) in [6.07, 6.45) is 1.86. The van der Waals surface area contributed by atoms with Crippen molar-refractivity contribution in [1.82, 2.24) is 0 Å². The van der Waals surface area contributed by atoms with Crippen molar-refractivity contribution in [1.29, 1.82) is 0 Å². The van der Waals surface area contributed by atoms with E-state index in [2.05, 4.69) is 27.9 Å². The highest BCUT2D eigenvalue weighted by atomic mass is 127. The van der Waals surface area contributed by atoms with Gasteiger partial charge in [0.15, 0.2) is 0 Å². The highest BCUT2D eigenvalue weighted by molar-refractivity contribution is 14.1. The average molecular weight is 420 g/mol. The number of hydrogen-bond donors (Lipinski definition) is 1. The third kappa shape index (κ3) is 4.10. The quantitative estimate of drug-likeness (QED) is 0.769. The Balaban J connectivity index is 1.60. The largest absolute Gasteiger partial charge is 0.326 e. The highest BCUT2D eigenvalue weighted by Crippen LogP contribution is 2.22. The van der Waals surface area contributed by atoms with Gasteiger partial charge < -0.3 is 10.2 Å². The Hall–Kier alpha value is -1.89. The Morgan fingerprint density at radius 1 is 1.09 bits per heavy atom. The first-order valence-electron chi connectivity index (χ1n) is 7.56. The minimum Gasteiger partial charge on any atom is -0.326 e. The van der Waals surface area contributed by atoms with E-state index in [1.807, 2.05) is 48.5 Å². The molecule has 1 heterocycles. The number of benzene rings is 2. The summed E-state index contributed by atoms with van der Waals surface area (Å²) in [6.45, 7) is 0.783. The van der Waals surface area contributed by atoms with Gasteiger partial charge in [0.05, 0.1) is 6.42 Å². The smallest absolute Gasteiger partial charge is 0.228 e. The molecule has 2 aromatic rings. The number of nitrogens with one attached hydrogen (secondary N) is 1. The van der Waals surface area contributed by atoms with Crippen molar-refractivity contribution in [3.8, 4) is 0 Å². The molecule has 118 valence electrons. The van der Waals surface area contributed by atoms with Gasteiger partial charge in [-0.05, 0) is 71.0 Å². The molecule has 0 bridgehead atoms. The maximum atomic E-state index is 12.1. The van der Waals surface area contributed by atoms with Crippen LogP contribution in [0.5, 0.6) is 0 Å². The fourth-order valence-corrected chi connectivity index (χ4v) is 3.00. The monoisotopic (exact) mass is 420 g/mol. The Morgan fingerprint density at radius 2 is 1.78 bits per heavy atom. The van der Waals surface area contributed by atoms with E-state index in [1.54, 1.807) is 4.90 Å². The molecule has 1 aliphatic rings. The SMILES string of the molecule is O=C(Cc1ccc(N2CCCC2=O)cc1)Nc1ccc(I)cc1. The van der Waals surface area contributed by atoms with E-state index in [0.29, 0.717) is 12.8 Å². The van der Waals surface area contributed by atoms with Crippen LogP contribution >= 0.6 is 22.6 Å². The number of nitrogens with zero attached hydrogens (tertiary/aromatic N) is 1. The minimum absolute atomic E-state index is 0.0452. The van der Waals surface area contributed by atoms with Crippen LogP contribution in [0, 0.1) is 3.57 Å². The third-order valence-electron chi connectivity index (χ3n) is 3.81. The fourth-order valence-electron chi connectivity index (χ4n) is 2.64. The summed E-state index contributed by atoms with van der Waals surface area (Å²) in [5.41, 5.74) is 2.65. The lowest BCUT2D eigenvalue weighted by Crippen LogP contribution is -2.23. The molecule has 1 N–H and O–H groups in total. The molecule has 23 heavy (non-hydrogen) atoms. The minimum atomic E-state index is -0.0452. The summed E-state index contributed by atoms with van der Waals surface area (Å²) in [4.78, 5) is 25.6. The van der Waals surface area contributed by atoms with E-state index in [0.717, 1.165) is 33.5 Å². The molecule has 0 aliphatic carbocycles. The van der Waals surface area contributed by atoms with Crippen LogP contribution in [0.4, 0.5) is 11.4 Å². The molecule has 1 fully saturated rings. The Bertz CT molecular complexity index is 711. The molecule has 0 saturated carbocycles. The van der Waals surface area contributed by atoms with Crippen LogP contribution < -0.4 is 10.2 Å². The zero-order chi connectivity index (χ0) is 16.2. The van der Waals surface area contributed by atoms with Crippen molar-refractivity contribution in [3.05, 3.63) is 57.7 Å². The third-order valence-corrected chi connectivity index (χ3v) is 4.53. The molecule has 2 amide bonds. The van der Waals surface area contributed by atoms with Gasteiger partial charge in [0, 0.05) is 27.9 Å². The van der Waals surface area contributed by atoms with Crippen molar-refractivity contribution in [3.63, 3.8) is 0 Å². The maximum absolute atomic E-state index is 12.1. The first-order chi connectivity index (χ1) is 11.1. The van der Waals surface area contributed by atoms with E-state index >= 15 is 0 Å². The summed E-state index contributed by atoms with van der Waals surface area (Å²) in [5.74, 6) is 0.130. The van der Waals surface area contributed by atoms with E-state index in [-0.39, 0.29) is 11.8 Å². The molecule has 0 radical (unpaired) electrons. The number of hydrogen-bond acceptors (Lipinski definition) is 2. The summed E-state index contributed by atoms with van der Waals surface area (Å²) in [5, 5.41) is 2.89. The summed E-state index contributed by atoms with van der Waals surface area (Å²) in [6, 6.07) is 15.3. The van der Waals surface area contributed by atoms with Crippen LogP contribution in [0.3, 0.4) is 0 Å². The number of halogens is 1. The van der Waals surface area contributed by atoms with Crippen molar-refractivity contribution in [2.75, 3.05) is 16.8 Å². The lowest BCUT2D eigenvalue weighted by molar-refractivity contribution is -0.117. The van der Waals surface area contributed by atoms with Gasteiger partial charge in [-0.15, -0.1) is 0 Å². The second-order valence-electron chi connectivity index (χ2n) is 5.55. The normalized spacial score (nSPS) is 14.1. The molecule has 1 aliphatic heterocycles. The Labute approximate surface area is 149 Å². The second-order valence-corrected chi connectivity index (χ2v) is 6.79. The molecule has 0 unspecified atom stereocenters. The number of carbonyl (C=O) groups is 2. The van der Waals surface area contributed by atoms with Gasteiger partial charge in [-0.25, -0.2) is 0 Å². The van der Waals surface area contributed by atoms with E-state index in [9.17, 15) is 9.59 Å². The highest BCUT2D eigenvalue weighted by Gasteiger charge is 2.21. The first-order valence-corrected chi connectivity index (χ1v) is 8.64. The Morgan fingerprint density at radius 3 is 2.39 bits per heavy atom. The van der Waals surface area contributed by atoms with Gasteiger partial charge in [0.2, 0.25) is 11.8 Å². The molecule has 1 saturated heterocycles. The van der Waals surface area contributed by atoms with E-state index in [1.165, 1.54) is 0 Å². The van der Waals surface area contributed by atoms with Crippen LogP contribution in [-0.2, 0) is 16.0 Å². The number of rotatable bonds is 4. The van der Waals surface area contributed by atoms with Gasteiger partial charge >= 0.3 is 0 Å². The zero-order valence-electron chi connectivity index (χ0n) is 12.6. The molecular formula is C18H17IN2O2. The fraction of sp³-hybridized carbons (Fsp3) is 0.222. The first kappa shape index (κ1) is 16.0. The molecular weight excluding hydrogens is 403 g/mol. The molecule has 5 heteroatoms. The number of carbonyl (C=O) groups excluding carboxylic acids is 2. The summed E-state index contributed by atoms with van der Waals surface area (Å²) >= 11 is 2.23. The van der Waals surface area contributed by atoms with Crippen LogP contribution in [-0.4, -0.2) is 18.4 Å². The molecule has 0 atom stereocenters. The number of anilines is 2. The Kier molecular flexibility index (Phi) is 4.95. The van der Waals surface area contributed by atoms with Crippen molar-refractivity contribution in [2.24, 2.45) is 0 Å². The molecule has 4 nitrogen and oxygen atoms in total. The van der Waals surface area contributed by atoms with Gasteiger partial charge in [-0.1, -0.05) is 12.1 Å². The lowest BCUT2D eigenvalue weighted by Gasteiger charge is -2.15. The van der Waals surface area contributed by atoms with E-state index in [4.69, 9.17) is 0 Å².